The van der Waals surface area contributed by atoms with Crippen LogP contribution in [0.25, 0.3) is 0 Å². The van der Waals surface area contributed by atoms with Crippen LogP contribution in [0, 0.1) is 0 Å². The van der Waals surface area contributed by atoms with Crippen molar-refractivity contribution in [3.8, 4) is 0 Å². The summed E-state index contributed by atoms with van der Waals surface area (Å²) in [6, 6.07) is 3.30. The number of rotatable bonds is 3. The molecule has 1 saturated heterocycles. The topological polar surface area (TPSA) is 80.2 Å². The first-order valence-electron chi connectivity index (χ1n) is 6.69. The zero-order chi connectivity index (χ0) is 14.5. The Balaban J connectivity index is 1.65. The maximum atomic E-state index is 12.0. The molecule has 7 nitrogen and oxygen atoms in total. The molecule has 1 amide bonds. The van der Waals surface area contributed by atoms with Crippen LogP contribution in [-0.2, 0) is 4.74 Å². The van der Waals surface area contributed by atoms with Crippen LogP contribution in [0.1, 0.15) is 10.4 Å². The summed E-state index contributed by atoms with van der Waals surface area (Å²) in [6.07, 6.45) is 6.37. The summed E-state index contributed by atoms with van der Waals surface area (Å²) >= 11 is 0. The third-order valence-electron chi connectivity index (χ3n) is 3.13. The minimum atomic E-state index is -0.208. The minimum Gasteiger partial charge on any atom is -0.378 e. The SMILES string of the molecule is O=C(Nc1cnc(N2CCOCC2)nc1)c1ccncc1. The van der Waals surface area contributed by atoms with E-state index >= 15 is 0 Å². The van der Waals surface area contributed by atoms with E-state index in [0.29, 0.717) is 30.4 Å². The van der Waals surface area contributed by atoms with E-state index in [0.717, 1.165) is 13.1 Å². The molecule has 3 rings (SSSR count). The average Bonchev–Trinajstić information content (AvgIpc) is 2.57. The van der Waals surface area contributed by atoms with Crippen LogP contribution in [0.3, 0.4) is 0 Å². The molecule has 0 bridgehead atoms. The molecule has 1 aliphatic heterocycles. The Kier molecular flexibility index (Phi) is 4.02. The van der Waals surface area contributed by atoms with Crippen LogP contribution < -0.4 is 10.2 Å². The second kappa shape index (κ2) is 6.27. The van der Waals surface area contributed by atoms with Gasteiger partial charge in [0.15, 0.2) is 0 Å². The van der Waals surface area contributed by atoms with E-state index in [2.05, 4.69) is 25.2 Å². The highest BCUT2D eigenvalue weighted by molar-refractivity contribution is 6.03. The predicted octanol–water partition coefficient (Wildman–Crippen LogP) is 0.960. The number of carbonyl (C=O) groups is 1. The van der Waals surface area contributed by atoms with E-state index in [-0.39, 0.29) is 5.91 Å². The second-order valence-corrected chi connectivity index (χ2v) is 4.56. The highest BCUT2D eigenvalue weighted by Crippen LogP contribution is 2.12. The predicted molar refractivity (Wildman–Crippen MR) is 77.3 cm³/mol. The molecule has 3 heterocycles. The van der Waals surface area contributed by atoms with Crippen LogP contribution in [-0.4, -0.2) is 47.2 Å². The van der Waals surface area contributed by atoms with Gasteiger partial charge in [-0.15, -0.1) is 0 Å². The molecule has 21 heavy (non-hydrogen) atoms. The number of amides is 1. The molecule has 1 fully saturated rings. The molecule has 2 aromatic rings. The van der Waals surface area contributed by atoms with Crippen LogP contribution in [0.15, 0.2) is 36.9 Å². The van der Waals surface area contributed by atoms with Crippen LogP contribution in [0.5, 0.6) is 0 Å². The summed E-state index contributed by atoms with van der Waals surface area (Å²) < 4.78 is 5.29. The third kappa shape index (κ3) is 3.32. The summed E-state index contributed by atoms with van der Waals surface area (Å²) in [4.78, 5) is 26.5. The molecule has 0 spiro atoms. The van der Waals surface area contributed by atoms with Crippen molar-refractivity contribution in [2.45, 2.75) is 0 Å². The molecular weight excluding hydrogens is 270 g/mol. The van der Waals surface area contributed by atoms with Gasteiger partial charge in [0.2, 0.25) is 5.95 Å². The Morgan fingerprint density at radius 2 is 1.81 bits per heavy atom. The first kappa shape index (κ1) is 13.4. The first-order chi connectivity index (χ1) is 10.3. The summed E-state index contributed by atoms with van der Waals surface area (Å²) in [6.45, 7) is 2.93. The molecule has 0 radical (unpaired) electrons. The standard InChI is InChI=1S/C14H15N5O2/c20-13(11-1-3-15-4-2-11)18-12-9-16-14(17-10-12)19-5-7-21-8-6-19/h1-4,9-10H,5-8H2,(H,18,20). The molecule has 1 aliphatic rings. The first-order valence-corrected chi connectivity index (χ1v) is 6.69. The lowest BCUT2D eigenvalue weighted by Gasteiger charge is -2.26. The summed E-state index contributed by atoms with van der Waals surface area (Å²) in [7, 11) is 0. The number of pyridine rings is 1. The van der Waals surface area contributed by atoms with Crippen molar-refractivity contribution >= 4 is 17.5 Å². The van der Waals surface area contributed by atoms with Crippen molar-refractivity contribution in [1.29, 1.82) is 0 Å². The third-order valence-corrected chi connectivity index (χ3v) is 3.13. The van der Waals surface area contributed by atoms with Crippen molar-refractivity contribution in [3.05, 3.63) is 42.5 Å². The molecule has 0 aromatic carbocycles. The van der Waals surface area contributed by atoms with Gasteiger partial charge in [-0.3, -0.25) is 9.78 Å². The van der Waals surface area contributed by atoms with Crippen molar-refractivity contribution < 1.29 is 9.53 Å². The minimum absolute atomic E-state index is 0.208. The Morgan fingerprint density at radius 1 is 1.14 bits per heavy atom. The number of morpholine rings is 1. The highest BCUT2D eigenvalue weighted by Gasteiger charge is 2.13. The number of hydrogen-bond acceptors (Lipinski definition) is 6. The number of carbonyl (C=O) groups excluding carboxylic acids is 1. The maximum absolute atomic E-state index is 12.0. The smallest absolute Gasteiger partial charge is 0.255 e. The average molecular weight is 285 g/mol. The zero-order valence-electron chi connectivity index (χ0n) is 11.4. The van der Waals surface area contributed by atoms with Crippen molar-refractivity contribution in [2.75, 3.05) is 36.5 Å². The maximum Gasteiger partial charge on any atom is 0.255 e. The number of hydrogen-bond donors (Lipinski definition) is 1. The molecule has 0 aliphatic carbocycles. The molecule has 1 N–H and O–H groups in total. The van der Waals surface area contributed by atoms with Gasteiger partial charge in [-0.25, -0.2) is 9.97 Å². The normalized spacial score (nSPS) is 14.8. The lowest BCUT2D eigenvalue weighted by Crippen LogP contribution is -2.37. The van der Waals surface area contributed by atoms with Crippen molar-refractivity contribution in [3.63, 3.8) is 0 Å². The van der Waals surface area contributed by atoms with Gasteiger partial charge < -0.3 is 15.0 Å². The van der Waals surface area contributed by atoms with E-state index in [1.165, 1.54) is 0 Å². The van der Waals surface area contributed by atoms with Gasteiger partial charge in [-0.2, -0.15) is 0 Å². The summed E-state index contributed by atoms with van der Waals surface area (Å²) in [5, 5.41) is 2.75. The largest absolute Gasteiger partial charge is 0.378 e. The van der Waals surface area contributed by atoms with Crippen LogP contribution in [0.4, 0.5) is 11.6 Å². The molecule has 0 atom stereocenters. The van der Waals surface area contributed by atoms with Gasteiger partial charge in [0.1, 0.15) is 0 Å². The number of nitrogens with zero attached hydrogens (tertiary/aromatic N) is 4. The quantitative estimate of drug-likeness (QED) is 0.904. The number of anilines is 2. The Hall–Kier alpha value is -2.54. The lowest BCUT2D eigenvalue weighted by atomic mass is 10.2. The Morgan fingerprint density at radius 3 is 2.48 bits per heavy atom. The van der Waals surface area contributed by atoms with Gasteiger partial charge >= 0.3 is 0 Å². The fraction of sp³-hybridized carbons (Fsp3) is 0.286. The molecule has 2 aromatic heterocycles. The van der Waals surface area contributed by atoms with Gasteiger partial charge in [-0.05, 0) is 12.1 Å². The van der Waals surface area contributed by atoms with E-state index in [4.69, 9.17) is 4.74 Å². The molecular formula is C14H15N5O2. The summed E-state index contributed by atoms with van der Waals surface area (Å²) in [5.41, 5.74) is 1.11. The highest BCUT2D eigenvalue weighted by atomic mass is 16.5. The Labute approximate surface area is 122 Å². The van der Waals surface area contributed by atoms with Crippen molar-refractivity contribution in [1.82, 2.24) is 15.0 Å². The van der Waals surface area contributed by atoms with Gasteiger partial charge in [0.25, 0.3) is 5.91 Å². The van der Waals surface area contributed by atoms with Crippen LogP contribution in [0.2, 0.25) is 0 Å². The van der Waals surface area contributed by atoms with Gasteiger partial charge in [0, 0.05) is 31.0 Å². The molecule has 0 unspecified atom stereocenters. The number of ether oxygens (including phenoxy) is 1. The number of nitrogens with one attached hydrogen (secondary N) is 1. The molecule has 108 valence electrons. The lowest BCUT2D eigenvalue weighted by molar-refractivity contribution is 0.102. The van der Waals surface area contributed by atoms with Crippen molar-refractivity contribution in [2.24, 2.45) is 0 Å². The monoisotopic (exact) mass is 285 g/mol. The second-order valence-electron chi connectivity index (χ2n) is 4.56. The summed E-state index contributed by atoms with van der Waals surface area (Å²) in [5.74, 6) is 0.445. The fourth-order valence-electron chi connectivity index (χ4n) is 2.02. The zero-order valence-corrected chi connectivity index (χ0v) is 11.4. The Bertz CT molecular complexity index is 597. The fourth-order valence-corrected chi connectivity index (χ4v) is 2.02. The van der Waals surface area contributed by atoms with E-state index in [1.54, 1.807) is 36.9 Å². The number of aromatic nitrogens is 3. The van der Waals surface area contributed by atoms with Crippen LogP contribution >= 0.6 is 0 Å². The van der Waals surface area contributed by atoms with Gasteiger partial charge in [0.05, 0.1) is 31.3 Å². The van der Waals surface area contributed by atoms with E-state index in [9.17, 15) is 4.79 Å². The molecule has 0 saturated carbocycles. The van der Waals surface area contributed by atoms with Gasteiger partial charge in [-0.1, -0.05) is 0 Å². The van der Waals surface area contributed by atoms with E-state index < -0.39 is 0 Å². The van der Waals surface area contributed by atoms with E-state index in [1.807, 2.05) is 0 Å². The molecule has 7 heteroatoms.